The molecule has 20 heavy (non-hydrogen) atoms. The first kappa shape index (κ1) is 13.3. The SMILES string of the molecule is CCCNC(Cc1nc(C2CC2)no1)c1ccccc1. The molecular formula is C16H21N3O. The summed E-state index contributed by atoms with van der Waals surface area (Å²) in [6.45, 7) is 3.16. The van der Waals surface area contributed by atoms with Crippen molar-refractivity contribution >= 4 is 0 Å². The van der Waals surface area contributed by atoms with Gasteiger partial charge in [-0.25, -0.2) is 0 Å². The monoisotopic (exact) mass is 271 g/mol. The molecule has 0 saturated heterocycles. The average molecular weight is 271 g/mol. The lowest BCUT2D eigenvalue weighted by molar-refractivity contribution is 0.354. The lowest BCUT2D eigenvalue weighted by atomic mass is 10.0. The van der Waals surface area contributed by atoms with Crippen molar-refractivity contribution in [2.24, 2.45) is 0 Å². The maximum absolute atomic E-state index is 5.40. The number of aromatic nitrogens is 2. The summed E-state index contributed by atoms with van der Waals surface area (Å²) < 4.78 is 5.40. The van der Waals surface area contributed by atoms with Crippen molar-refractivity contribution in [3.8, 4) is 0 Å². The Morgan fingerprint density at radius 1 is 1.30 bits per heavy atom. The second-order valence-corrected chi connectivity index (χ2v) is 5.44. The third kappa shape index (κ3) is 3.25. The number of benzene rings is 1. The van der Waals surface area contributed by atoms with Crippen LogP contribution in [0.4, 0.5) is 0 Å². The highest BCUT2D eigenvalue weighted by molar-refractivity contribution is 5.20. The van der Waals surface area contributed by atoms with E-state index < -0.39 is 0 Å². The topological polar surface area (TPSA) is 51.0 Å². The molecule has 1 aliphatic carbocycles. The summed E-state index contributed by atoms with van der Waals surface area (Å²) in [4.78, 5) is 4.53. The van der Waals surface area contributed by atoms with E-state index in [1.165, 1.54) is 18.4 Å². The van der Waals surface area contributed by atoms with Crippen molar-refractivity contribution in [3.63, 3.8) is 0 Å². The summed E-state index contributed by atoms with van der Waals surface area (Å²) in [5.41, 5.74) is 1.27. The van der Waals surface area contributed by atoms with Crippen molar-refractivity contribution in [2.45, 2.75) is 44.6 Å². The Kier molecular flexibility index (Phi) is 4.11. The lowest BCUT2D eigenvalue weighted by Gasteiger charge is -2.17. The van der Waals surface area contributed by atoms with Gasteiger partial charge in [0.1, 0.15) is 0 Å². The summed E-state index contributed by atoms with van der Waals surface area (Å²) in [5, 5.41) is 7.65. The van der Waals surface area contributed by atoms with Gasteiger partial charge < -0.3 is 9.84 Å². The van der Waals surface area contributed by atoms with Gasteiger partial charge in [-0.3, -0.25) is 0 Å². The summed E-state index contributed by atoms with van der Waals surface area (Å²) >= 11 is 0. The van der Waals surface area contributed by atoms with Crippen LogP contribution in [0, 0.1) is 0 Å². The highest BCUT2D eigenvalue weighted by Gasteiger charge is 2.29. The number of nitrogens with zero attached hydrogens (tertiary/aromatic N) is 2. The third-order valence-corrected chi connectivity index (χ3v) is 3.65. The highest BCUT2D eigenvalue weighted by Crippen LogP contribution is 2.38. The summed E-state index contributed by atoms with van der Waals surface area (Å²) in [5.74, 6) is 2.18. The average Bonchev–Trinajstić information content (AvgIpc) is 3.24. The fraction of sp³-hybridized carbons (Fsp3) is 0.500. The number of nitrogens with one attached hydrogen (secondary N) is 1. The van der Waals surface area contributed by atoms with Gasteiger partial charge in [0.25, 0.3) is 0 Å². The summed E-state index contributed by atoms with van der Waals surface area (Å²) in [6, 6.07) is 10.7. The molecular weight excluding hydrogens is 250 g/mol. The number of hydrogen-bond acceptors (Lipinski definition) is 4. The molecule has 4 nitrogen and oxygen atoms in total. The minimum absolute atomic E-state index is 0.239. The molecule has 1 N–H and O–H groups in total. The van der Waals surface area contributed by atoms with Gasteiger partial charge >= 0.3 is 0 Å². The maximum Gasteiger partial charge on any atom is 0.228 e. The second kappa shape index (κ2) is 6.18. The fourth-order valence-electron chi connectivity index (χ4n) is 2.34. The fourth-order valence-corrected chi connectivity index (χ4v) is 2.34. The molecule has 106 valence electrons. The predicted octanol–water partition coefficient (Wildman–Crippen LogP) is 3.23. The van der Waals surface area contributed by atoms with E-state index in [4.69, 9.17) is 4.52 Å². The quantitative estimate of drug-likeness (QED) is 0.840. The summed E-state index contributed by atoms with van der Waals surface area (Å²) in [6.07, 6.45) is 4.27. The van der Waals surface area contributed by atoms with Crippen LogP contribution in [-0.2, 0) is 6.42 Å². The van der Waals surface area contributed by atoms with Crippen LogP contribution in [0.3, 0.4) is 0 Å². The molecule has 0 bridgehead atoms. The van der Waals surface area contributed by atoms with Gasteiger partial charge in [0.2, 0.25) is 5.89 Å². The molecule has 4 heteroatoms. The van der Waals surface area contributed by atoms with Crippen LogP contribution >= 0.6 is 0 Å². The van der Waals surface area contributed by atoms with E-state index in [-0.39, 0.29) is 6.04 Å². The van der Waals surface area contributed by atoms with E-state index in [0.717, 1.165) is 31.1 Å². The summed E-state index contributed by atoms with van der Waals surface area (Å²) in [7, 11) is 0. The third-order valence-electron chi connectivity index (χ3n) is 3.65. The molecule has 1 unspecified atom stereocenters. The molecule has 0 aliphatic heterocycles. The van der Waals surface area contributed by atoms with E-state index >= 15 is 0 Å². The molecule has 0 radical (unpaired) electrons. The molecule has 1 saturated carbocycles. The molecule has 0 amide bonds. The van der Waals surface area contributed by atoms with Crippen LogP contribution in [0.25, 0.3) is 0 Å². The van der Waals surface area contributed by atoms with Gasteiger partial charge in [-0.2, -0.15) is 4.98 Å². The van der Waals surface area contributed by atoms with Crippen LogP contribution in [0.1, 0.15) is 55.4 Å². The Bertz CT molecular complexity index is 534. The van der Waals surface area contributed by atoms with Crippen LogP contribution in [0.2, 0.25) is 0 Å². The highest BCUT2D eigenvalue weighted by atomic mass is 16.5. The van der Waals surface area contributed by atoms with E-state index in [1.54, 1.807) is 0 Å². The van der Waals surface area contributed by atoms with Gasteiger partial charge in [-0.15, -0.1) is 0 Å². The zero-order chi connectivity index (χ0) is 13.8. The molecule has 3 rings (SSSR count). The Morgan fingerprint density at radius 2 is 2.10 bits per heavy atom. The molecule has 2 aromatic rings. The smallest absolute Gasteiger partial charge is 0.228 e. The standard InChI is InChI=1S/C16H21N3O/c1-2-10-17-14(12-6-4-3-5-7-12)11-15-18-16(19-20-15)13-8-9-13/h3-7,13-14,17H,2,8-11H2,1H3. The zero-order valence-electron chi connectivity index (χ0n) is 11.9. The van der Waals surface area contributed by atoms with Crippen molar-refractivity contribution < 1.29 is 4.52 Å². The largest absolute Gasteiger partial charge is 0.339 e. The molecule has 1 aromatic heterocycles. The molecule has 1 aromatic carbocycles. The lowest BCUT2D eigenvalue weighted by Crippen LogP contribution is -2.24. The van der Waals surface area contributed by atoms with E-state index in [9.17, 15) is 0 Å². The van der Waals surface area contributed by atoms with Gasteiger partial charge in [-0.1, -0.05) is 42.4 Å². The van der Waals surface area contributed by atoms with Crippen LogP contribution < -0.4 is 5.32 Å². The van der Waals surface area contributed by atoms with E-state index in [1.807, 2.05) is 6.07 Å². The first-order valence-corrected chi connectivity index (χ1v) is 7.47. The second-order valence-electron chi connectivity index (χ2n) is 5.44. The molecule has 1 aliphatic rings. The molecule has 1 heterocycles. The van der Waals surface area contributed by atoms with Crippen molar-refractivity contribution in [3.05, 3.63) is 47.6 Å². The minimum atomic E-state index is 0.239. The molecule has 1 atom stereocenters. The van der Waals surface area contributed by atoms with Gasteiger partial charge in [0.15, 0.2) is 5.82 Å². The molecule has 0 spiro atoms. The van der Waals surface area contributed by atoms with E-state index in [0.29, 0.717) is 5.92 Å². The Morgan fingerprint density at radius 3 is 2.80 bits per heavy atom. The number of hydrogen-bond donors (Lipinski definition) is 1. The Balaban J connectivity index is 1.71. The molecule has 1 fully saturated rings. The Labute approximate surface area is 119 Å². The zero-order valence-corrected chi connectivity index (χ0v) is 11.9. The minimum Gasteiger partial charge on any atom is -0.339 e. The first-order valence-electron chi connectivity index (χ1n) is 7.47. The van der Waals surface area contributed by atoms with Crippen LogP contribution in [0.15, 0.2) is 34.9 Å². The first-order chi connectivity index (χ1) is 9.86. The van der Waals surface area contributed by atoms with E-state index in [2.05, 4.69) is 46.6 Å². The van der Waals surface area contributed by atoms with Gasteiger partial charge in [0, 0.05) is 18.4 Å². The predicted molar refractivity (Wildman–Crippen MR) is 77.5 cm³/mol. The maximum atomic E-state index is 5.40. The van der Waals surface area contributed by atoms with Gasteiger partial charge in [-0.05, 0) is 31.4 Å². The van der Waals surface area contributed by atoms with Crippen molar-refractivity contribution in [1.82, 2.24) is 15.5 Å². The van der Waals surface area contributed by atoms with Crippen LogP contribution in [0.5, 0.6) is 0 Å². The van der Waals surface area contributed by atoms with Crippen LogP contribution in [-0.4, -0.2) is 16.7 Å². The van der Waals surface area contributed by atoms with Gasteiger partial charge in [0.05, 0.1) is 0 Å². The van der Waals surface area contributed by atoms with Crippen molar-refractivity contribution in [1.29, 1.82) is 0 Å². The normalized spacial score (nSPS) is 16.2. The number of rotatable bonds is 7. The Hall–Kier alpha value is -1.68. The van der Waals surface area contributed by atoms with Crippen molar-refractivity contribution in [2.75, 3.05) is 6.54 Å².